The Labute approximate surface area is 117 Å². The van der Waals surface area contributed by atoms with Gasteiger partial charge in [0.25, 0.3) is 5.91 Å². The fraction of sp³-hybridized carbons (Fsp3) is 0.267. The van der Waals surface area contributed by atoms with Crippen LogP contribution in [0.3, 0.4) is 0 Å². The number of nitrogens with one attached hydrogen (secondary N) is 1. The minimum Gasteiger partial charge on any atom is -0.382 e. The first kappa shape index (κ1) is 12.6. The fourth-order valence-corrected chi connectivity index (χ4v) is 2.60. The third-order valence-corrected chi connectivity index (χ3v) is 3.59. The Hall–Kier alpha value is -2.43. The Morgan fingerprint density at radius 3 is 2.85 bits per heavy atom. The number of rotatable bonds is 2. The zero-order valence-corrected chi connectivity index (χ0v) is 11.0. The van der Waals surface area contributed by atoms with Gasteiger partial charge in [0, 0.05) is 0 Å². The molecule has 2 aromatic rings. The number of hydrogen-bond donors (Lipinski definition) is 2. The van der Waals surface area contributed by atoms with Gasteiger partial charge in [0.2, 0.25) is 0 Å². The molecule has 20 heavy (non-hydrogen) atoms. The maximum Gasteiger partial charge on any atom is 0.272 e. The van der Waals surface area contributed by atoms with E-state index in [0.717, 1.165) is 19.3 Å². The van der Waals surface area contributed by atoms with Crippen LogP contribution in [-0.4, -0.2) is 16.1 Å². The minimum atomic E-state index is -0.209. The van der Waals surface area contributed by atoms with Crippen LogP contribution in [-0.2, 0) is 6.42 Å². The molecule has 1 aliphatic rings. The van der Waals surface area contributed by atoms with Crippen LogP contribution in [0.1, 0.15) is 40.5 Å². The van der Waals surface area contributed by atoms with Crippen LogP contribution in [0.2, 0.25) is 0 Å². The highest BCUT2D eigenvalue weighted by atomic mass is 16.2. The molecule has 1 amide bonds. The molecule has 0 radical (unpaired) electrons. The third kappa shape index (κ3) is 2.47. The number of amides is 1. The predicted octanol–water partition coefficient (Wildman–Crippen LogP) is 1.87. The number of carbonyl (C=O) groups excluding carboxylic acids is 1. The topological polar surface area (TPSA) is 80.9 Å². The van der Waals surface area contributed by atoms with E-state index in [1.165, 1.54) is 11.1 Å². The molecule has 0 saturated heterocycles. The summed E-state index contributed by atoms with van der Waals surface area (Å²) in [5, 5.41) is 10.5. The molecule has 102 valence electrons. The van der Waals surface area contributed by atoms with E-state index >= 15 is 0 Å². The fourth-order valence-electron chi connectivity index (χ4n) is 2.60. The van der Waals surface area contributed by atoms with Crippen molar-refractivity contribution < 1.29 is 4.79 Å². The smallest absolute Gasteiger partial charge is 0.272 e. The number of aromatic nitrogens is 2. The number of anilines is 1. The van der Waals surface area contributed by atoms with Gasteiger partial charge in [-0.05, 0) is 42.5 Å². The van der Waals surface area contributed by atoms with Gasteiger partial charge in [-0.25, -0.2) is 0 Å². The summed E-state index contributed by atoms with van der Waals surface area (Å²) in [6, 6.07) is 11.5. The van der Waals surface area contributed by atoms with Gasteiger partial charge in [-0.15, -0.1) is 10.2 Å². The van der Waals surface area contributed by atoms with Gasteiger partial charge in [-0.3, -0.25) is 4.79 Å². The van der Waals surface area contributed by atoms with Gasteiger partial charge >= 0.3 is 0 Å². The molecule has 5 nitrogen and oxygen atoms in total. The van der Waals surface area contributed by atoms with Crippen molar-refractivity contribution in [1.29, 1.82) is 0 Å². The van der Waals surface area contributed by atoms with Crippen molar-refractivity contribution in [3.8, 4) is 0 Å². The van der Waals surface area contributed by atoms with Crippen LogP contribution in [0.15, 0.2) is 36.4 Å². The van der Waals surface area contributed by atoms with E-state index in [1.54, 1.807) is 12.1 Å². The number of nitrogen functional groups attached to an aromatic ring is 1. The van der Waals surface area contributed by atoms with Gasteiger partial charge < -0.3 is 11.1 Å². The van der Waals surface area contributed by atoms with Gasteiger partial charge in [-0.1, -0.05) is 24.3 Å². The lowest BCUT2D eigenvalue weighted by molar-refractivity contribution is 0.0926. The second kappa shape index (κ2) is 5.28. The average Bonchev–Trinajstić information content (AvgIpc) is 2.48. The molecule has 0 aliphatic heterocycles. The van der Waals surface area contributed by atoms with Crippen LogP contribution in [0, 0.1) is 0 Å². The summed E-state index contributed by atoms with van der Waals surface area (Å²) in [6.07, 6.45) is 3.10. The van der Waals surface area contributed by atoms with E-state index in [1.807, 2.05) is 12.1 Å². The molecule has 1 unspecified atom stereocenters. The van der Waals surface area contributed by atoms with Crippen LogP contribution in [0.4, 0.5) is 5.82 Å². The van der Waals surface area contributed by atoms with Crippen LogP contribution < -0.4 is 11.1 Å². The van der Waals surface area contributed by atoms with Crippen molar-refractivity contribution >= 4 is 11.7 Å². The van der Waals surface area contributed by atoms with Crippen molar-refractivity contribution in [3.63, 3.8) is 0 Å². The Balaban J connectivity index is 1.79. The summed E-state index contributed by atoms with van der Waals surface area (Å²) >= 11 is 0. The second-order valence-corrected chi connectivity index (χ2v) is 4.96. The Morgan fingerprint density at radius 2 is 2.05 bits per heavy atom. The number of hydrogen-bond acceptors (Lipinski definition) is 4. The lowest BCUT2D eigenvalue weighted by Crippen LogP contribution is -2.31. The molecule has 0 spiro atoms. The molecule has 3 N–H and O–H groups in total. The molecule has 1 aromatic carbocycles. The van der Waals surface area contributed by atoms with E-state index in [0.29, 0.717) is 11.5 Å². The molecule has 3 rings (SSSR count). The van der Waals surface area contributed by atoms with Crippen molar-refractivity contribution in [3.05, 3.63) is 53.2 Å². The molecule has 1 heterocycles. The number of nitrogens with zero attached hydrogens (tertiary/aromatic N) is 2. The van der Waals surface area contributed by atoms with Crippen molar-refractivity contribution in [2.24, 2.45) is 0 Å². The lowest BCUT2D eigenvalue weighted by Gasteiger charge is -2.26. The maximum absolute atomic E-state index is 12.2. The molecule has 0 fully saturated rings. The average molecular weight is 268 g/mol. The van der Waals surface area contributed by atoms with E-state index in [9.17, 15) is 4.79 Å². The third-order valence-electron chi connectivity index (χ3n) is 3.59. The number of aryl methyl sites for hydroxylation is 1. The Bertz CT molecular complexity index is 624. The molecule has 1 aromatic heterocycles. The van der Waals surface area contributed by atoms with E-state index < -0.39 is 0 Å². The molecule has 1 atom stereocenters. The van der Waals surface area contributed by atoms with E-state index in [2.05, 4.69) is 27.6 Å². The first-order chi connectivity index (χ1) is 9.74. The largest absolute Gasteiger partial charge is 0.382 e. The second-order valence-electron chi connectivity index (χ2n) is 4.96. The molecule has 5 heteroatoms. The summed E-state index contributed by atoms with van der Waals surface area (Å²) in [7, 11) is 0. The number of nitrogens with two attached hydrogens (primary N) is 1. The van der Waals surface area contributed by atoms with E-state index in [4.69, 9.17) is 5.73 Å². The molecule has 1 aliphatic carbocycles. The van der Waals surface area contributed by atoms with Gasteiger partial charge in [0.1, 0.15) is 5.82 Å². The standard InChI is InChI=1S/C15H16N4O/c16-14-9-8-13(18-19-14)15(20)17-12-7-3-5-10-4-1-2-6-11(10)12/h1-2,4,6,8-9,12H,3,5,7H2,(H2,16,19)(H,17,20). The number of fused-ring (bicyclic) bond motifs is 1. The van der Waals surface area contributed by atoms with Crippen LogP contribution in [0.5, 0.6) is 0 Å². The summed E-state index contributed by atoms with van der Waals surface area (Å²) < 4.78 is 0. The normalized spacial score (nSPS) is 17.3. The molecule has 0 bridgehead atoms. The highest BCUT2D eigenvalue weighted by Gasteiger charge is 2.22. The Morgan fingerprint density at radius 1 is 1.20 bits per heavy atom. The first-order valence-corrected chi connectivity index (χ1v) is 6.72. The first-order valence-electron chi connectivity index (χ1n) is 6.72. The zero-order chi connectivity index (χ0) is 13.9. The summed E-state index contributed by atoms with van der Waals surface area (Å²) in [5.74, 6) is 0.101. The number of benzene rings is 1. The SMILES string of the molecule is Nc1ccc(C(=O)NC2CCCc3ccccc32)nn1. The quantitative estimate of drug-likeness (QED) is 0.871. The van der Waals surface area contributed by atoms with Crippen molar-refractivity contribution in [1.82, 2.24) is 15.5 Å². The summed E-state index contributed by atoms with van der Waals surface area (Å²) in [6.45, 7) is 0. The van der Waals surface area contributed by atoms with Crippen molar-refractivity contribution in [2.45, 2.75) is 25.3 Å². The monoisotopic (exact) mass is 268 g/mol. The van der Waals surface area contributed by atoms with Gasteiger partial charge in [0.15, 0.2) is 5.69 Å². The van der Waals surface area contributed by atoms with Crippen LogP contribution in [0.25, 0.3) is 0 Å². The molecule has 0 saturated carbocycles. The minimum absolute atomic E-state index is 0.0480. The Kier molecular flexibility index (Phi) is 3.33. The zero-order valence-electron chi connectivity index (χ0n) is 11.0. The van der Waals surface area contributed by atoms with Gasteiger partial charge in [-0.2, -0.15) is 0 Å². The predicted molar refractivity (Wildman–Crippen MR) is 76.0 cm³/mol. The summed E-state index contributed by atoms with van der Waals surface area (Å²) in [4.78, 5) is 12.2. The van der Waals surface area contributed by atoms with Gasteiger partial charge in [0.05, 0.1) is 6.04 Å². The molecular weight excluding hydrogens is 252 g/mol. The lowest BCUT2D eigenvalue weighted by atomic mass is 9.87. The van der Waals surface area contributed by atoms with Crippen LogP contribution >= 0.6 is 0 Å². The highest BCUT2D eigenvalue weighted by Crippen LogP contribution is 2.29. The maximum atomic E-state index is 12.2. The number of carbonyl (C=O) groups is 1. The molecular formula is C15H16N4O. The van der Waals surface area contributed by atoms with Crippen molar-refractivity contribution in [2.75, 3.05) is 5.73 Å². The summed E-state index contributed by atoms with van der Waals surface area (Å²) in [5.41, 5.74) is 8.28. The highest BCUT2D eigenvalue weighted by molar-refractivity contribution is 5.92. The van der Waals surface area contributed by atoms with E-state index in [-0.39, 0.29) is 11.9 Å².